The molecule has 5 heteroatoms. The van der Waals surface area contributed by atoms with Crippen LogP contribution in [0, 0.1) is 6.92 Å². The Kier molecular flexibility index (Phi) is 3.94. The van der Waals surface area contributed by atoms with Crippen LogP contribution in [0.25, 0.3) is 0 Å². The molecule has 0 aliphatic heterocycles. The number of hydrogen-bond donors (Lipinski definition) is 0. The first kappa shape index (κ1) is 12.6. The van der Waals surface area contributed by atoms with Crippen LogP contribution in [0.4, 0.5) is 0 Å². The van der Waals surface area contributed by atoms with E-state index in [1.54, 1.807) is 36.6 Å². The highest BCUT2D eigenvalue weighted by Gasteiger charge is 2.07. The van der Waals surface area contributed by atoms with Crippen LogP contribution in [0.5, 0.6) is 11.5 Å². The zero-order valence-electron chi connectivity index (χ0n) is 10.2. The monoisotopic (exact) mass is 263 g/mol. The van der Waals surface area contributed by atoms with Gasteiger partial charge < -0.3 is 9.47 Å². The second-order valence-electron chi connectivity index (χ2n) is 3.70. The predicted octanol–water partition coefficient (Wildman–Crippen LogP) is 2.85. The Labute approximate surface area is 109 Å². The minimum Gasteiger partial charge on any atom is -0.493 e. The van der Waals surface area contributed by atoms with Gasteiger partial charge >= 0.3 is 0 Å². The summed E-state index contributed by atoms with van der Waals surface area (Å²) in [7, 11) is 1.55. The van der Waals surface area contributed by atoms with E-state index in [1.165, 1.54) is 0 Å². The van der Waals surface area contributed by atoms with E-state index in [9.17, 15) is 4.79 Å². The standard InChI is InChI=1S/C13H13NO3S/c1-9-8-18-13(14-9)7-17-11-4-3-10(6-15)5-12(11)16-2/h3-6,8H,7H2,1-2H3. The van der Waals surface area contributed by atoms with E-state index in [4.69, 9.17) is 9.47 Å². The van der Waals surface area contributed by atoms with Crippen LogP contribution in [0.15, 0.2) is 23.6 Å². The number of methoxy groups -OCH3 is 1. The summed E-state index contributed by atoms with van der Waals surface area (Å²) < 4.78 is 10.8. The largest absolute Gasteiger partial charge is 0.493 e. The van der Waals surface area contributed by atoms with E-state index < -0.39 is 0 Å². The molecule has 0 aliphatic rings. The van der Waals surface area contributed by atoms with E-state index in [-0.39, 0.29) is 0 Å². The molecule has 4 nitrogen and oxygen atoms in total. The maximum atomic E-state index is 10.7. The molecule has 0 saturated carbocycles. The fraction of sp³-hybridized carbons (Fsp3) is 0.231. The summed E-state index contributed by atoms with van der Waals surface area (Å²) in [5, 5.41) is 2.89. The number of aldehydes is 1. The molecular weight excluding hydrogens is 250 g/mol. The van der Waals surface area contributed by atoms with Gasteiger partial charge in [-0.25, -0.2) is 4.98 Å². The average molecular weight is 263 g/mol. The SMILES string of the molecule is COc1cc(C=O)ccc1OCc1nc(C)cs1. The number of thiazole rings is 1. The summed E-state index contributed by atoms with van der Waals surface area (Å²) in [6.07, 6.45) is 0.774. The highest BCUT2D eigenvalue weighted by atomic mass is 32.1. The number of aryl methyl sites for hydroxylation is 1. The maximum absolute atomic E-state index is 10.7. The van der Waals surface area contributed by atoms with Gasteiger partial charge in [-0.3, -0.25) is 4.79 Å². The Bertz CT molecular complexity index is 551. The van der Waals surface area contributed by atoms with Crippen molar-refractivity contribution in [1.29, 1.82) is 0 Å². The van der Waals surface area contributed by atoms with Crippen molar-refractivity contribution in [3.05, 3.63) is 39.8 Å². The molecule has 1 heterocycles. The molecule has 0 amide bonds. The molecule has 0 radical (unpaired) electrons. The summed E-state index contributed by atoms with van der Waals surface area (Å²) >= 11 is 1.56. The van der Waals surface area contributed by atoms with E-state index in [0.717, 1.165) is 17.0 Å². The first-order valence-corrected chi connectivity index (χ1v) is 6.28. The molecule has 94 valence electrons. The summed E-state index contributed by atoms with van der Waals surface area (Å²) in [5.74, 6) is 1.16. The number of benzene rings is 1. The Hall–Kier alpha value is -1.88. The third-order valence-corrected chi connectivity index (χ3v) is 3.28. The Balaban J connectivity index is 2.11. The highest BCUT2D eigenvalue weighted by molar-refractivity contribution is 7.09. The van der Waals surface area contributed by atoms with Crippen molar-refractivity contribution in [2.45, 2.75) is 13.5 Å². The van der Waals surface area contributed by atoms with Gasteiger partial charge in [0.25, 0.3) is 0 Å². The lowest BCUT2D eigenvalue weighted by molar-refractivity contribution is 0.112. The molecule has 0 bridgehead atoms. The van der Waals surface area contributed by atoms with Gasteiger partial charge in [0.15, 0.2) is 11.5 Å². The molecule has 2 rings (SSSR count). The fourth-order valence-corrected chi connectivity index (χ4v) is 2.17. The van der Waals surface area contributed by atoms with Crippen molar-refractivity contribution in [3.8, 4) is 11.5 Å². The van der Waals surface area contributed by atoms with Gasteiger partial charge in [-0.15, -0.1) is 11.3 Å². The molecule has 0 saturated heterocycles. The minimum absolute atomic E-state index is 0.398. The minimum atomic E-state index is 0.398. The molecule has 0 atom stereocenters. The first-order valence-electron chi connectivity index (χ1n) is 5.40. The number of rotatable bonds is 5. The molecule has 0 N–H and O–H groups in total. The Morgan fingerprint density at radius 1 is 1.39 bits per heavy atom. The van der Waals surface area contributed by atoms with Crippen LogP contribution in [-0.2, 0) is 6.61 Å². The molecule has 18 heavy (non-hydrogen) atoms. The summed E-state index contributed by atoms with van der Waals surface area (Å²) in [6.45, 7) is 2.34. The molecule has 2 aromatic rings. The van der Waals surface area contributed by atoms with Crippen LogP contribution in [0.2, 0.25) is 0 Å². The second-order valence-corrected chi connectivity index (χ2v) is 4.64. The third kappa shape index (κ3) is 2.87. The third-order valence-electron chi connectivity index (χ3n) is 2.34. The van der Waals surface area contributed by atoms with Crippen LogP contribution < -0.4 is 9.47 Å². The van der Waals surface area contributed by atoms with Crippen molar-refractivity contribution >= 4 is 17.6 Å². The highest BCUT2D eigenvalue weighted by Crippen LogP contribution is 2.28. The van der Waals surface area contributed by atoms with Gasteiger partial charge in [-0.05, 0) is 25.1 Å². The molecule has 0 unspecified atom stereocenters. The second kappa shape index (κ2) is 5.64. The lowest BCUT2D eigenvalue weighted by atomic mass is 10.2. The molecule has 0 spiro atoms. The Morgan fingerprint density at radius 3 is 2.83 bits per heavy atom. The van der Waals surface area contributed by atoms with E-state index in [0.29, 0.717) is 23.7 Å². The predicted molar refractivity (Wildman–Crippen MR) is 69.6 cm³/mol. The Morgan fingerprint density at radius 2 is 2.22 bits per heavy atom. The zero-order valence-corrected chi connectivity index (χ0v) is 11.0. The molecular formula is C13H13NO3S. The number of ether oxygens (including phenoxy) is 2. The summed E-state index contributed by atoms with van der Waals surface area (Å²) in [5.41, 5.74) is 1.55. The number of carbonyl (C=O) groups is 1. The van der Waals surface area contributed by atoms with Crippen molar-refractivity contribution in [1.82, 2.24) is 4.98 Å². The number of nitrogens with zero attached hydrogens (tertiary/aromatic N) is 1. The van der Waals surface area contributed by atoms with E-state index in [2.05, 4.69) is 4.98 Å². The van der Waals surface area contributed by atoms with Gasteiger partial charge in [-0.1, -0.05) is 0 Å². The number of hydrogen-bond acceptors (Lipinski definition) is 5. The lowest BCUT2D eigenvalue weighted by Gasteiger charge is -2.09. The van der Waals surface area contributed by atoms with Crippen molar-refractivity contribution in [2.75, 3.05) is 7.11 Å². The fourth-order valence-electron chi connectivity index (χ4n) is 1.49. The van der Waals surface area contributed by atoms with Crippen LogP contribution in [-0.4, -0.2) is 18.4 Å². The maximum Gasteiger partial charge on any atom is 0.161 e. The summed E-state index contributed by atoms with van der Waals surface area (Å²) in [4.78, 5) is 15.0. The zero-order chi connectivity index (χ0) is 13.0. The average Bonchev–Trinajstić information content (AvgIpc) is 2.82. The molecule has 0 fully saturated rings. The van der Waals surface area contributed by atoms with Crippen molar-refractivity contribution in [2.24, 2.45) is 0 Å². The molecule has 1 aromatic heterocycles. The number of carbonyl (C=O) groups excluding carboxylic acids is 1. The van der Waals surface area contributed by atoms with Crippen LogP contribution in [0.1, 0.15) is 21.1 Å². The van der Waals surface area contributed by atoms with Crippen LogP contribution in [0.3, 0.4) is 0 Å². The smallest absolute Gasteiger partial charge is 0.161 e. The van der Waals surface area contributed by atoms with Crippen LogP contribution >= 0.6 is 11.3 Å². The molecule has 0 aliphatic carbocycles. The quantitative estimate of drug-likeness (QED) is 0.778. The van der Waals surface area contributed by atoms with Gasteiger partial charge in [0.2, 0.25) is 0 Å². The molecule has 1 aromatic carbocycles. The summed E-state index contributed by atoms with van der Waals surface area (Å²) in [6, 6.07) is 5.07. The van der Waals surface area contributed by atoms with Gasteiger partial charge in [0, 0.05) is 16.6 Å². The van der Waals surface area contributed by atoms with Crippen molar-refractivity contribution < 1.29 is 14.3 Å². The number of aromatic nitrogens is 1. The lowest BCUT2D eigenvalue weighted by Crippen LogP contribution is -1.98. The van der Waals surface area contributed by atoms with Gasteiger partial charge in [0.1, 0.15) is 17.9 Å². The van der Waals surface area contributed by atoms with E-state index >= 15 is 0 Å². The first-order chi connectivity index (χ1) is 8.72. The van der Waals surface area contributed by atoms with E-state index in [1.807, 2.05) is 12.3 Å². The van der Waals surface area contributed by atoms with Gasteiger partial charge in [-0.2, -0.15) is 0 Å². The van der Waals surface area contributed by atoms with Gasteiger partial charge in [0.05, 0.1) is 7.11 Å². The van der Waals surface area contributed by atoms with Crippen molar-refractivity contribution in [3.63, 3.8) is 0 Å². The topological polar surface area (TPSA) is 48.4 Å². The normalized spacial score (nSPS) is 10.1.